The second kappa shape index (κ2) is 14.7. The zero-order valence-corrected chi connectivity index (χ0v) is 32.7. The van der Waals surface area contributed by atoms with E-state index in [0.29, 0.717) is 60.6 Å². The lowest BCUT2D eigenvalue weighted by molar-refractivity contribution is -0.139. The molecule has 0 spiro atoms. The molecule has 1 saturated heterocycles. The highest BCUT2D eigenvalue weighted by molar-refractivity contribution is 6.07. The topological polar surface area (TPSA) is 150 Å². The van der Waals surface area contributed by atoms with E-state index in [4.69, 9.17) is 14.6 Å². The van der Waals surface area contributed by atoms with Crippen molar-refractivity contribution in [1.82, 2.24) is 34.5 Å². The van der Waals surface area contributed by atoms with E-state index in [1.54, 1.807) is 33.8 Å². The zero-order chi connectivity index (χ0) is 39.2. The van der Waals surface area contributed by atoms with Gasteiger partial charge in [0.2, 0.25) is 5.91 Å². The van der Waals surface area contributed by atoms with Crippen molar-refractivity contribution < 1.29 is 28.7 Å². The van der Waals surface area contributed by atoms with Crippen molar-refractivity contribution in [3.05, 3.63) is 82.8 Å². The second-order valence-corrected chi connectivity index (χ2v) is 16.3. The van der Waals surface area contributed by atoms with E-state index in [9.17, 15) is 19.2 Å². The summed E-state index contributed by atoms with van der Waals surface area (Å²) in [6.07, 6.45) is 8.77. The lowest BCUT2D eigenvalue weighted by Crippen LogP contribution is -2.45. The smallest absolute Gasteiger partial charge is 0.410 e. The van der Waals surface area contributed by atoms with Crippen LogP contribution in [0.25, 0.3) is 22.0 Å². The number of hydrogen-bond acceptors (Lipinski definition) is 10. The number of carbonyl (C=O) groups is 4. The molecule has 2 amide bonds. The van der Waals surface area contributed by atoms with Crippen LogP contribution in [0.15, 0.2) is 48.8 Å². The number of ether oxygens (including phenoxy) is 2. The van der Waals surface area contributed by atoms with Crippen molar-refractivity contribution in [3.63, 3.8) is 0 Å². The fraction of sp³-hybridized carbons (Fsp3) is 0.476. The Bertz CT molecular complexity index is 2200. The lowest BCUT2D eigenvalue weighted by atomic mass is 9.95. The third-order valence-electron chi connectivity index (χ3n) is 10.8. The average molecular weight is 748 g/mol. The van der Waals surface area contributed by atoms with Crippen molar-refractivity contribution >= 4 is 34.5 Å². The molecule has 3 aromatic heterocycles. The van der Waals surface area contributed by atoms with Gasteiger partial charge in [-0.3, -0.25) is 24.0 Å². The molecule has 4 aromatic rings. The molecule has 3 atom stereocenters. The first kappa shape index (κ1) is 38.0. The van der Waals surface area contributed by atoms with E-state index in [0.717, 1.165) is 28.8 Å². The van der Waals surface area contributed by atoms with Crippen molar-refractivity contribution in [2.45, 2.75) is 105 Å². The molecule has 55 heavy (non-hydrogen) atoms. The third-order valence-corrected chi connectivity index (χ3v) is 10.8. The minimum Gasteiger partial charge on any atom is -0.444 e. The van der Waals surface area contributed by atoms with Gasteiger partial charge in [-0.1, -0.05) is 18.2 Å². The van der Waals surface area contributed by atoms with Crippen molar-refractivity contribution in [2.24, 2.45) is 5.41 Å². The predicted molar refractivity (Wildman–Crippen MR) is 205 cm³/mol. The van der Waals surface area contributed by atoms with E-state index in [1.807, 2.05) is 71.0 Å². The molecule has 0 N–H and O–H groups in total. The molecule has 5 heterocycles. The normalized spacial score (nSPS) is 22.3. The van der Waals surface area contributed by atoms with Crippen LogP contribution in [-0.4, -0.2) is 95.5 Å². The Balaban J connectivity index is 1.34. The molecule has 7 rings (SSSR count). The third kappa shape index (κ3) is 7.93. The Morgan fingerprint density at radius 1 is 1.00 bits per heavy atom. The van der Waals surface area contributed by atoms with Crippen LogP contribution < -0.4 is 0 Å². The summed E-state index contributed by atoms with van der Waals surface area (Å²) in [7, 11) is 0. The maximum absolute atomic E-state index is 14.7. The summed E-state index contributed by atoms with van der Waals surface area (Å²) in [6, 6.07) is 6.87. The number of aromatic nitrogens is 5. The number of carbonyl (C=O) groups excluding carboxylic acids is 4. The number of pyridine rings is 1. The number of piperidine rings is 1. The SMILES string of the molecule is CC(=O)c1nn2c3c(cc(-c4cnc(C)nc4)cc13)CN(C(=O)OC(C)(C)C)CC/C=C/COC[C@@]13C[C@@H](C(=O)Cc4nc(C)ccc4C)N(C(=O)C2)[C@@H]1C3. The Hall–Kier alpha value is -5.30. The van der Waals surface area contributed by atoms with Gasteiger partial charge in [0.15, 0.2) is 11.6 Å². The molecule has 1 aromatic carbocycles. The van der Waals surface area contributed by atoms with Crippen LogP contribution in [0.2, 0.25) is 0 Å². The van der Waals surface area contributed by atoms with E-state index < -0.39 is 17.7 Å². The molecule has 288 valence electrons. The Labute approximate surface area is 321 Å². The maximum atomic E-state index is 14.7. The number of Topliss-reactive ketones (excluding diaryl/α,β-unsaturated/α-hetero) is 2. The van der Waals surface area contributed by atoms with Gasteiger partial charge in [0.1, 0.15) is 23.7 Å². The van der Waals surface area contributed by atoms with Gasteiger partial charge in [0.25, 0.3) is 0 Å². The summed E-state index contributed by atoms with van der Waals surface area (Å²) in [5, 5.41) is 5.31. The number of amides is 2. The van der Waals surface area contributed by atoms with Crippen LogP contribution in [-0.2, 0) is 38.6 Å². The van der Waals surface area contributed by atoms with Gasteiger partial charge in [0.05, 0.1) is 43.4 Å². The molecule has 13 nitrogen and oxygen atoms in total. The van der Waals surface area contributed by atoms with E-state index in [2.05, 4.69) is 15.0 Å². The van der Waals surface area contributed by atoms with E-state index in [-0.39, 0.29) is 54.1 Å². The zero-order valence-electron chi connectivity index (χ0n) is 32.7. The number of aryl methyl sites for hydroxylation is 3. The molecule has 13 heteroatoms. The summed E-state index contributed by atoms with van der Waals surface area (Å²) >= 11 is 0. The standard InChI is InChI=1S/C42H49N7O6/c1-25-11-12-26(2)45-33(25)17-35(51)34-18-42-19-36(42)49(34)37(52)23-48-39-30(22-47(40(53)55-41(5,6)7)13-9-8-10-14-54-24-42)15-29(31-20-43-28(4)44-21-31)16-32(39)38(46-48)27(3)50/h8,10-12,15-16,20-21,34,36H,9,13-14,17-19,22-24H2,1-7H3/b10-8+/t34-,36+,42-/m0/s1. The summed E-state index contributed by atoms with van der Waals surface area (Å²) in [6.45, 7) is 13.6. The Morgan fingerprint density at radius 2 is 1.76 bits per heavy atom. The molecule has 0 unspecified atom stereocenters. The monoisotopic (exact) mass is 747 g/mol. The van der Waals surface area contributed by atoms with Gasteiger partial charge >= 0.3 is 6.09 Å². The fourth-order valence-corrected chi connectivity index (χ4v) is 7.94. The summed E-state index contributed by atoms with van der Waals surface area (Å²) in [5.41, 5.74) is 4.27. The van der Waals surface area contributed by atoms with Gasteiger partial charge in [-0.25, -0.2) is 14.8 Å². The predicted octanol–water partition coefficient (Wildman–Crippen LogP) is 5.90. The van der Waals surface area contributed by atoms with Gasteiger partial charge in [-0.15, -0.1) is 0 Å². The molecule has 0 radical (unpaired) electrons. The number of ketones is 2. The first-order valence-electron chi connectivity index (χ1n) is 18.9. The van der Waals surface area contributed by atoms with E-state index >= 15 is 0 Å². The molecule has 2 aliphatic heterocycles. The van der Waals surface area contributed by atoms with Crippen LogP contribution in [0.5, 0.6) is 0 Å². The van der Waals surface area contributed by atoms with Crippen molar-refractivity contribution in [2.75, 3.05) is 19.8 Å². The van der Waals surface area contributed by atoms with E-state index in [1.165, 1.54) is 6.92 Å². The number of hydrogen-bond donors (Lipinski definition) is 0. The van der Waals surface area contributed by atoms with Gasteiger partial charge in [-0.2, -0.15) is 5.10 Å². The van der Waals surface area contributed by atoms with Crippen LogP contribution >= 0.6 is 0 Å². The largest absolute Gasteiger partial charge is 0.444 e. The number of benzene rings is 1. The van der Waals surface area contributed by atoms with Gasteiger partial charge in [-0.05, 0) is 95.7 Å². The quantitative estimate of drug-likeness (QED) is 0.178. The molecular weight excluding hydrogens is 699 g/mol. The Kier molecular flexibility index (Phi) is 10.2. The number of nitrogens with zero attached hydrogens (tertiary/aromatic N) is 7. The minimum absolute atomic E-state index is 0.0659. The van der Waals surface area contributed by atoms with Gasteiger partial charge < -0.3 is 19.3 Å². The highest BCUT2D eigenvalue weighted by Crippen LogP contribution is 2.60. The second-order valence-electron chi connectivity index (χ2n) is 16.3. The van der Waals surface area contributed by atoms with Crippen LogP contribution in [0.4, 0.5) is 4.79 Å². The molecule has 1 saturated carbocycles. The first-order valence-corrected chi connectivity index (χ1v) is 18.9. The molecule has 2 fully saturated rings. The average Bonchev–Trinajstić information content (AvgIpc) is 3.52. The molecule has 1 aliphatic carbocycles. The molecule has 3 aliphatic rings. The highest BCUT2D eigenvalue weighted by Gasteiger charge is 2.67. The lowest BCUT2D eigenvalue weighted by Gasteiger charge is -2.28. The van der Waals surface area contributed by atoms with Crippen LogP contribution in [0.1, 0.15) is 85.8 Å². The molecular formula is C42H49N7O6. The van der Waals surface area contributed by atoms with Crippen molar-refractivity contribution in [3.8, 4) is 11.1 Å². The van der Waals surface area contributed by atoms with Crippen LogP contribution in [0.3, 0.4) is 0 Å². The van der Waals surface area contributed by atoms with Crippen LogP contribution in [0, 0.1) is 26.2 Å². The summed E-state index contributed by atoms with van der Waals surface area (Å²) in [5.74, 6) is 0.00229. The van der Waals surface area contributed by atoms with Crippen molar-refractivity contribution in [1.29, 1.82) is 0 Å². The first-order chi connectivity index (χ1) is 26.1. The summed E-state index contributed by atoms with van der Waals surface area (Å²) < 4.78 is 13.6. The van der Waals surface area contributed by atoms with Gasteiger partial charge in [0, 0.05) is 54.0 Å². The summed E-state index contributed by atoms with van der Waals surface area (Å²) in [4.78, 5) is 72.6. The molecule has 2 bridgehead atoms. The highest BCUT2D eigenvalue weighted by atomic mass is 16.6. The fourth-order valence-electron chi connectivity index (χ4n) is 7.94. The number of rotatable bonds is 5. The maximum Gasteiger partial charge on any atom is 0.410 e. The minimum atomic E-state index is -0.739. The Morgan fingerprint density at radius 3 is 2.49 bits per heavy atom.